The summed E-state index contributed by atoms with van der Waals surface area (Å²) in [4.78, 5) is 25.0. The molecule has 0 radical (unpaired) electrons. The quantitative estimate of drug-likeness (QED) is 0.790. The second kappa shape index (κ2) is 7.93. The molecule has 1 aliphatic rings. The Balaban J connectivity index is 1.72. The SMILES string of the molecule is COc1ccc2oc(C(=O)O[C@H](C)C(=O)NC3(C#N)CCCCC3)c(C)c2c1. The first-order valence-corrected chi connectivity index (χ1v) is 9.40. The first kappa shape index (κ1) is 19.7. The molecule has 7 heteroatoms. The Labute approximate surface area is 163 Å². The predicted octanol–water partition coefficient (Wildman–Crippen LogP) is 3.64. The number of nitriles is 1. The molecule has 0 saturated heterocycles. The van der Waals surface area contributed by atoms with Crippen LogP contribution in [0.3, 0.4) is 0 Å². The summed E-state index contributed by atoms with van der Waals surface area (Å²) >= 11 is 0. The number of nitrogens with zero attached hydrogens (tertiary/aromatic N) is 1. The second-order valence-corrected chi connectivity index (χ2v) is 7.21. The van der Waals surface area contributed by atoms with Crippen LogP contribution in [0.25, 0.3) is 11.0 Å². The summed E-state index contributed by atoms with van der Waals surface area (Å²) in [6.45, 7) is 3.24. The predicted molar refractivity (Wildman–Crippen MR) is 102 cm³/mol. The van der Waals surface area contributed by atoms with Crippen molar-refractivity contribution in [2.24, 2.45) is 0 Å². The number of ether oxygens (including phenoxy) is 2. The molecule has 1 aliphatic carbocycles. The summed E-state index contributed by atoms with van der Waals surface area (Å²) in [5, 5.41) is 13.0. The molecule has 7 nitrogen and oxygen atoms in total. The average molecular weight is 384 g/mol. The van der Waals surface area contributed by atoms with Gasteiger partial charge in [0.1, 0.15) is 16.9 Å². The zero-order chi connectivity index (χ0) is 20.3. The first-order chi connectivity index (χ1) is 13.4. The number of hydrogen-bond acceptors (Lipinski definition) is 6. The number of nitrogens with one attached hydrogen (secondary N) is 1. The first-order valence-electron chi connectivity index (χ1n) is 9.40. The van der Waals surface area contributed by atoms with Gasteiger partial charge in [-0.15, -0.1) is 0 Å². The fourth-order valence-corrected chi connectivity index (χ4v) is 3.55. The van der Waals surface area contributed by atoms with E-state index in [1.807, 2.05) is 0 Å². The fourth-order valence-electron chi connectivity index (χ4n) is 3.55. The number of furan rings is 1. The minimum Gasteiger partial charge on any atom is -0.497 e. The van der Waals surface area contributed by atoms with Crippen LogP contribution in [0.5, 0.6) is 5.75 Å². The zero-order valence-electron chi connectivity index (χ0n) is 16.3. The number of esters is 1. The van der Waals surface area contributed by atoms with Crippen molar-refractivity contribution >= 4 is 22.8 Å². The molecular weight excluding hydrogens is 360 g/mol. The molecule has 0 spiro atoms. The second-order valence-electron chi connectivity index (χ2n) is 7.21. The number of carbonyl (C=O) groups is 2. The van der Waals surface area contributed by atoms with Crippen LogP contribution < -0.4 is 10.1 Å². The maximum absolute atomic E-state index is 12.6. The van der Waals surface area contributed by atoms with Gasteiger partial charge in [-0.2, -0.15) is 5.26 Å². The standard InChI is InChI=1S/C21H24N2O5/c1-13-16-11-15(26-3)7-8-17(16)28-18(13)20(25)27-14(2)19(24)23-21(12-22)9-5-4-6-10-21/h7-8,11,14H,4-6,9-10H2,1-3H3,(H,23,24)/t14-/m1/s1. The molecule has 1 atom stereocenters. The van der Waals surface area contributed by atoms with Gasteiger partial charge >= 0.3 is 5.97 Å². The number of rotatable bonds is 5. The largest absolute Gasteiger partial charge is 0.497 e. The van der Waals surface area contributed by atoms with E-state index in [9.17, 15) is 14.9 Å². The Morgan fingerprint density at radius 3 is 2.64 bits per heavy atom. The molecule has 148 valence electrons. The number of methoxy groups -OCH3 is 1. The lowest BCUT2D eigenvalue weighted by Gasteiger charge is -2.32. The Morgan fingerprint density at radius 1 is 1.29 bits per heavy atom. The van der Waals surface area contributed by atoms with E-state index in [2.05, 4.69) is 11.4 Å². The third-order valence-electron chi connectivity index (χ3n) is 5.27. The van der Waals surface area contributed by atoms with Gasteiger partial charge < -0.3 is 19.2 Å². The third-order valence-corrected chi connectivity index (χ3v) is 5.27. The summed E-state index contributed by atoms with van der Waals surface area (Å²) in [7, 11) is 1.56. The van der Waals surface area contributed by atoms with Crippen molar-refractivity contribution in [1.82, 2.24) is 5.32 Å². The third kappa shape index (κ3) is 3.81. The van der Waals surface area contributed by atoms with E-state index in [0.29, 0.717) is 29.7 Å². The van der Waals surface area contributed by atoms with E-state index in [1.54, 1.807) is 32.2 Å². The van der Waals surface area contributed by atoms with Crippen LogP contribution in [-0.2, 0) is 9.53 Å². The van der Waals surface area contributed by atoms with Crippen LogP contribution in [0.15, 0.2) is 22.6 Å². The molecule has 1 saturated carbocycles. The minimum atomic E-state index is -1.04. The fraction of sp³-hybridized carbons (Fsp3) is 0.476. The van der Waals surface area contributed by atoms with Crippen LogP contribution in [0.1, 0.15) is 55.1 Å². The van der Waals surface area contributed by atoms with Gasteiger partial charge in [-0.3, -0.25) is 4.79 Å². The molecule has 28 heavy (non-hydrogen) atoms. The summed E-state index contributed by atoms with van der Waals surface area (Å²) in [6.07, 6.45) is 3.02. The van der Waals surface area contributed by atoms with E-state index < -0.39 is 23.5 Å². The number of amides is 1. The highest BCUT2D eigenvalue weighted by Gasteiger charge is 2.35. The van der Waals surface area contributed by atoms with E-state index in [1.165, 1.54) is 6.92 Å². The molecule has 1 heterocycles. The van der Waals surface area contributed by atoms with Crippen molar-refractivity contribution in [2.75, 3.05) is 7.11 Å². The van der Waals surface area contributed by atoms with Crippen LogP contribution in [0, 0.1) is 18.3 Å². The van der Waals surface area contributed by atoms with E-state index in [4.69, 9.17) is 13.9 Å². The lowest BCUT2D eigenvalue weighted by molar-refractivity contribution is -0.130. The van der Waals surface area contributed by atoms with Crippen molar-refractivity contribution in [3.63, 3.8) is 0 Å². The maximum atomic E-state index is 12.6. The van der Waals surface area contributed by atoms with Crippen LogP contribution in [0.4, 0.5) is 0 Å². The van der Waals surface area contributed by atoms with Crippen molar-refractivity contribution in [3.05, 3.63) is 29.5 Å². The number of hydrogen-bond donors (Lipinski definition) is 1. The minimum absolute atomic E-state index is 0.0514. The molecule has 1 fully saturated rings. The van der Waals surface area contributed by atoms with Gasteiger partial charge in [0.25, 0.3) is 5.91 Å². The number of carbonyl (C=O) groups excluding carboxylic acids is 2. The Morgan fingerprint density at radius 2 is 2.00 bits per heavy atom. The molecule has 0 bridgehead atoms. The highest BCUT2D eigenvalue weighted by molar-refractivity contribution is 5.97. The summed E-state index contributed by atoms with van der Waals surface area (Å²) in [5.41, 5.74) is 0.280. The van der Waals surface area contributed by atoms with E-state index in [-0.39, 0.29) is 5.76 Å². The molecule has 2 aromatic rings. The van der Waals surface area contributed by atoms with Gasteiger partial charge in [0.2, 0.25) is 5.76 Å². The van der Waals surface area contributed by atoms with Gasteiger partial charge in [0.05, 0.1) is 13.2 Å². The smallest absolute Gasteiger partial charge is 0.375 e. The molecule has 0 aliphatic heterocycles. The Kier molecular flexibility index (Phi) is 5.59. The summed E-state index contributed by atoms with van der Waals surface area (Å²) in [6, 6.07) is 7.46. The van der Waals surface area contributed by atoms with Gasteiger partial charge in [-0.05, 0) is 44.9 Å². The molecule has 0 unspecified atom stereocenters. The molecular formula is C21H24N2O5. The molecule has 3 rings (SSSR count). The zero-order valence-corrected chi connectivity index (χ0v) is 16.3. The van der Waals surface area contributed by atoms with Crippen LogP contribution >= 0.6 is 0 Å². The lowest BCUT2D eigenvalue weighted by Crippen LogP contribution is -2.52. The lowest BCUT2D eigenvalue weighted by atomic mass is 9.83. The van der Waals surface area contributed by atoms with Gasteiger partial charge in [0, 0.05) is 10.9 Å². The van der Waals surface area contributed by atoms with Gasteiger partial charge in [-0.25, -0.2) is 4.79 Å². The van der Waals surface area contributed by atoms with E-state index >= 15 is 0 Å². The Hall–Kier alpha value is -3.01. The summed E-state index contributed by atoms with van der Waals surface area (Å²) in [5.74, 6) is -0.494. The Bertz CT molecular complexity index is 934. The van der Waals surface area contributed by atoms with E-state index in [0.717, 1.165) is 24.6 Å². The van der Waals surface area contributed by atoms with Gasteiger partial charge in [0.15, 0.2) is 6.10 Å². The van der Waals surface area contributed by atoms with Crippen molar-refractivity contribution < 1.29 is 23.5 Å². The van der Waals surface area contributed by atoms with Crippen LogP contribution in [0.2, 0.25) is 0 Å². The normalized spacial score (nSPS) is 16.8. The summed E-state index contributed by atoms with van der Waals surface area (Å²) < 4.78 is 16.1. The monoisotopic (exact) mass is 384 g/mol. The van der Waals surface area contributed by atoms with Crippen molar-refractivity contribution in [1.29, 1.82) is 5.26 Å². The molecule has 1 amide bonds. The highest BCUT2D eigenvalue weighted by Crippen LogP contribution is 2.30. The average Bonchev–Trinajstić information content (AvgIpc) is 3.04. The highest BCUT2D eigenvalue weighted by atomic mass is 16.6. The number of aryl methyl sites for hydroxylation is 1. The van der Waals surface area contributed by atoms with Crippen molar-refractivity contribution in [3.8, 4) is 11.8 Å². The number of benzene rings is 1. The molecule has 1 aromatic carbocycles. The maximum Gasteiger partial charge on any atom is 0.375 e. The van der Waals surface area contributed by atoms with Crippen molar-refractivity contribution in [2.45, 2.75) is 57.6 Å². The number of fused-ring (bicyclic) bond motifs is 1. The molecule has 1 aromatic heterocycles. The van der Waals surface area contributed by atoms with Gasteiger partial charge in [-0.1, -0.05) is 19.3 Å². The molecule has 1 N–H and O–H groups in total. The topological polar surface area (TPSA) is 102 Å². The van der Waals surface area contributed by atoms with Crippen LogP contribution in [-0.4, -0.2) is 30.6 Å².